The zero-order chi connectivity index (χ0) is 7.82. The van der Waals surface area contributed by atoms with Gasteiger partial charge in [0.05, 0.1) is 6.23 Å². The third-order valence-electron chi connectivity index (χ3n) is 0.881. The molecule has 0 radical (unpaired) electrons. The summed E-state index contributed by atoms with van der Waals surface area (Å²) >= 11 is 0. The van der Waals surface area contributed by atoms with Gasteiger partial charge in [0.1, 0.15) is 0 Å². The van der Waals surface area contributed by atoms with Crippen molar-refractivity contribution < 1.29 is 14.0 Å². The molecule has 0 spiro atoms. The van der Waals surface area contributed by atoms with E-state index in [1.54, 1.807) is 0 Å². The molecular formula is C6H14O3Si. The van der Waals surface area contributed by atoms with E-state index >= 15 is 0 Å². The molecule has 0 heterocycles. The van der Waals surface area contributed by atoms with Crippen molar-refractivity contribution in [2.75, 3.05) is 12.8 Å². The average Bonchev–Trinajstić information content (AvgIpc) is 1.87. The molecule has 0 bridgehead atoms. The molecule has 0 rings (SSSR count). The first-order chi connectivity index (χ1) is 4.77. The van der Waals surface area contributed by atoms with E-state index in [9.17, 15) is 4.79 Å². The molecule has 60 valence electrons. The molecule has 0 saturated carbocycles. The minimum Gasteiger partial charge on any atom is -0.523 e. The van der Waals surface area contributed by atoms with E-state index in [0.29, 0.717) is 6.23 Å². The van der Waals surface area contributed by atoms with E-state index < -0.39 is 9.76 Å². The Morgan fingerprint density at radius 3 is 2.80 bits per heavy atom. The zero-order valence-corrected chi connectivity index (χ0v) is 7.97. The van der Waals surface area contributed by atoms with E-state index in [2.05, 4.69) is 0 Å². The summed E-state index contributed by atoms with van der Waals surface area (Å²) in [4.78, 5) is 10.2. The molecule has 0 N–H and O–H groups in total. The fourth-order valence-electron chi connectivity index (χ4n) is 0.491. The van der Waals surface area contributed by atoms with Crippen LogP contribution < -0.4 is 0 Å². The molecule has 0 unspecified atom stereocenters. The lowest BCUT2D eigenvalue weighted by molar-refractivity contribution is -0.132. The highest BCUT2D eigenvalue weighted by molar-refractivity contribution is 6.30. The quantitative estimate of drug-likeness (QED) is 0.422. The number of rotatable bonds is 5. The maximum atomic E-state index is 10.2. The normalized spacial score (nSPS) is 10.6. The van der Waals surface area contributed by atoms with E-state index in [1.165, 1.54) is 6.92 Å². The van der Waals surface area contributed by atoms with Crippen LogP contribution in [0.1, 0.15) is 20.3 Å². The molecule has 10 heavy (non-hydrogen) atoms. The number of hydrogen-bond donors (Lipinski definition) is 0. The molecule has 0 aromatic carbocycles. The van der Waals surface area contributed by atoms with Crippen LogP contribution in [0.2, 0.25) is 0 Å². The Hall–Kier alpha value is -0.353. The van der Waals surface area contributed by atoms with Crippen molar-refractivity contribution in [2.45, 2.75) is 20.3 Å². The second kappa shape index (κ2) is 6.76. The number of carbonyl (C=O) groups is 1. The second-order valence-corrected chi connectivity index (χ2v) is 3.06. The van der Waals surface area contributed by atoms with Gasteiger partial charge in [0.15, 0.2) is 0 Å². The van der Waals surface area contributed by atoms with Crippen LogP contribution in [0.5, 0.6) is 0 Å². The molecule has 0 atom stereocenters. The van der Waals surface area contributed by atoms with Gasteiger partial charge in [0.25, 0.3) is 5.97 Å². The largest absolute Gasteiger partial charge is 0.523 e. The summed E-state index contributed by atoms with van der Waals surface area (Å²) in [6.45, 7) is 4.24. The zero-order valence-electron chi connectivity index (χ0n) is 6.55. The molecule has 0 aliphatic heterocycles. The molecular weight excluding hydrogens is 148 g/mol. The Morgan fingerprint density at radius 1 is 1.60 bits per heavy atom. The molecule has 3 nitrogen and oxygen atoms in total. The summed E-state index contributed by atoms with van der Waals surface area (Å²) in [5.41, 5.74) is 0. The molecule has 0 aliphatic carbocycles. The Bertz CT molecular complexity index is 95.0. The van der Waals surface area contributed by atoms with Crippen LogP contribution in [0.3, 0.4) is 0 Å². The molecule has 4 heteroatoms. The SMILES string of the molecule is CCCOC[SiH2]OC(C)=O. The Labute approximate surface area is 63.7 Å². The summed E-state index contributed by atoms with van der Waals surface area (Å²) in [6, 6.07) is 0. The van der Waals surface area contributed by atoms with Crippen molar-refractivity contribution in [1.29, 1.82) is 0 Å². The Balaban J connectivity index is 2.84. The first-order valence-electron chi connectivity index (χ1n) is 3.48. The van der Waals surface area contributed by atoms with Crippen molar-refractivity contribution in [3.63, 3.8) is 0 Å². The molecule has 0 aliphatic rings. The first kappa shape index (κ1) is 9.65. The highest BCUT2D eigenvalue weighted by atomic mass is 28.2. The standard InChI is InChI=1S/C6H14O3Si/c1-3-4-8-5-10-9-6(2)7/h3-5,10H2,1-2H3. The summed E-state index contributed by atoms with van der Waals surface area (Å²) in [7, 11) is -0.728. The lowest BCUT2D eigenvalue weighted by Gasteiger charge is -2.01. The number of hydrogen-bond acceptors (Lipinski definition) is 3. The lowest BCUT2D eigenvalue weighted by Crippen LogP contribution is -2.11. The van der Waals surface area contributed by atoms with Crippen LogP contribution in [0, 0.1) is 0 Å². The van der Waals surface area contributed by atoms with Crippen LogP contribution >= 0.6 is 0 Å². The third kappa shape index (κ3) is 7.65. The summed E-state index contributed by atoms with van der Waals surface area (Å²) in [5.74, 6) is -0.188. The van der Waals surface area contributed by atoms with Crippen molar-refractivity contribution in [1.82, 2.24) is 0 Å². The summed E-state index contributed by atoms with van der Waals surface area (Å²) < 4.78 is 9.88. The van der Waals surface area contributed by atoms with Gasteiger partial charge in [-0.25, -0.2) is 0 Å². The fraction of sp³-hybridized carbons (Fsp3) is 0.833. The van der Waals surface area contributed by atoms with Crippen LogP contribution in [-0.2, 0) is 14.0 Å². The monoisotopic (exact) mass is 162 g/mol. The highest BCUT2D eigenvalue weighted by Gasteiger charge is 1.92. The summed E-state index contributed by atoms with van der Waals surface area (Å²) in [5, 5.41) is 0. The van der Waals surface area contributed by atoms with Gasteiger partial charge in [-0.1, -0.05) is 6.92 Å². The van der Waals surface area contributed by atoms with Gasteiger partial charge in [-0.2, -0.15) is 0 Å². The van der Waals surface area contributed by atoms with E-state index in [1.807, 2.05) is 6.92 Å². The number of ether oxygens (including phenoxy) is 1. The maximum Gasteiger partial charge on any atom is 0.289 e. The topological polar surface area (TPSA) is 35.5 Å². The minimum atomic E-state index is -0.728. The molecule has 0 saturated heterocycles. The predicted molar refractivity (Wildman–Crippen MR) is 41.4 cm³/mol. The molecule has 0 aromatic rings. The van der Waals surface area contributed by atoms with Gasteiger partial charge in [0.2, 0.25) is 9.76 Å². The van der Waals surface area contributed by atoms with Crippen molar-refractivity contribution in [3.05, 3.63) is 0 Å². The van der Waals surface area contributed by atoms with Crippen LogP contribution in [-0.4, -0.2) is 28.6 Å². The van der Waals surface area contributed by atoms with E-state index in [-0.39, 0.29) is 5.97 Å². The fourth-order valence-corrected chi connectivity index (χ4v) is 1.18. The minimum absolute atomic E-state index is 0.188. The third-order valence-corrected chi connectivity index (χ3v) is 1.95. The van der Waals surface area contributed by atoms with Gasteiger partial charge in [-0.05, 0) is 6.42 Å². The Morgan fingerprint density at radius 2 is 2.30 bits per heavy atom. The van der Waals surface area contributed by atoms with Crippen LogP contribution in [0.15, 0.2) is 0 Å². The van der Waals surface area contributed by atoms with Crippen LogP contribution in [0.25, 0.3) is 0 Å². The van der Waals surface area contributed by atoms with Gasteiger partial charge >= 0.3 is 0 Å². The number of carbonyl (C=O) groups excluding carboxylic acids is 1. The smallest absolute Gasteiger partial charge is 0.289 e. The maximum absolute atomic E-state index is 10.2. The molecule has 0 fully saturated rings. The average molecular weight is 162 g/mol. The van der Waals surface area contributed by atoms with Gasteiger partial charge in [0, 0.05) is 13.5 Å². The van der Waals surface area contributed by atoms with Crippen molar-refractivity contribution in [3.8, 4) is 0 Å². The predicted octanol–water partition coefficient (Wildman–Crippen LogP) is 0.0174. The van der Waals surface area contributed by atoms with Crippen molar-refractivity contribution in [2.24, 2.45) is 0 Å². The molecule has 0 aromatic heterocycles. The van der Waals surface area contributed by atoms with Crippen LogP contribution in [0.4, 0.5) is 0 Å². The first-order valence-corrected chi connectivity index (χ1v) is 5.06. The lowest BCUT2D eigenvalue weighted by atomic mass is 10.5. The van der Waals surface area contributed by atoms with E-state index in [0.717, 1.165) is 13.0 Å². The molecule has 0 amide bonds. The van der Waals surface area contributed by atoms with Crippen molar-refractivity contribution >= 4 is 15.7 Å². The van der Waals surface area contributed by atoms with E-state index in [4.69, 9.17) is 9.16 Å². The highest BCUT2D eigenvalue weighted by Crippen LogP contribution is 1.79. The Kier molecular flexibility index (Phi) is 6.52. The summed E-state index contributed by atoms with van der Waals surface area (Å²) in [6.07, 6.45) is 1.67. The second-order valence-electron chi connectivity index (χ2n) is 1.95. The van der Waals surface area contributed by atoms with Gasteiger partial charge in [-0.15, -0.1) is 0 Å². The van der Waals surface area contributed by atoms with Gasteiger partial charge in [-0.3, -0.25) is 4.79 Å². The van der Waals surface area contributed by atoms with Gasteiger partial charge < -0.3 is 9.16 Å².